The summed E-state index contributed by atoms with van der Waals surface area (Å²) in [5.74, 6) is 0. The van der Waals surface area contributed by atoms with Crippen LogP contribution in [0.5, 0.6) is 0 Å². The molecule has 2 rings (SSSR count). The molecular weight excluding hydrogens is 525 g/mol. The summed E-state index contributed by atoms with van der Waals surface area (Å²) in [4.78, 5) is 22.3. The van der Waals surface area contributed by atoms with Crippen molar-refractivity contribution < 1.29 is 9.59 Å². The van der Waals surface area contributed by atoms with Gasteiger partial charge in [0.15, 0.2) is 0 Å². The second-order valence-electron chi connectivity index (χ2n) is 3.94. The van der Waals surface area contributed by atoms with Gasteiger partial charge < -0.3 is 0 Å². The minimum Gasteiger partial charge on any atom is -0.276 e. The molecule has 0 radical (unpaired) electrons. The molecule has 0 unspecified atom stereocenters. The van der Waals surface area contributed by atoms with E-state index in [9.17, 15) is 9.59 Å². The van der Waals surface area contributed by atoms with Crippen molar-refractivity contribution in [2.45, 2.75) is 0 Å². The van der Waals surface area contributed by atoms with Crippen LogP contribution < -0.4 is 0 Å². The lowest BCUT2D eigenvalue weighted by molar-refractivity contribution is 0.107. The standard InChI is InChI=1S/C14H6Cl2I2O2/c15-13(19)7-1-3-9(11(17)5-7)10-4-2-8(14(16)20)6-12(10)18/h1-6H. The molecule has 0 saturated carbocycles. The third kappa shape index (κ3) is 3.52. The van der Waals surface area contributed by atoms with Crippen LogP contribution in [0.4, 0.5) is 0 Å². The van der Waals surface area contributed by atoms with Crippen molar-refractivity contribution in [1.82, 2.24) is 0 Å². The van der Waals surface area contributed by atoms with Gasteiger partial charge in [0.1, 0.15) is 0 Å². The Balaban J connectivity index is 2.52. The van der Waals surface area contributed by atoms with Gasteiger partial charge in [0.05, 0.1) is 0 Å². The molecule has 6 heteroatoms. The molecular formula is C14H6Cl2I2O2. The van der Waals surface area contributed by atoms with Gasteiger partial charge in [-0.05, 0) is 104 Å². The number of benzene rings is 2. The van der Waals surface area contributed by atoms with Gasteiger partial charge in [-0.3, -0.25) is 9.59 Å². The molecule has 0 spiro atoms. The second-order valence-corrected chi connectivity index (χ2v) is 6.95. The molecule has 0 aliphatic carbocycles. The Morgan fingerprint density at radius 2 is 1.10 bits per heavy atom. The minimum atomic E-state index is -0.479. The molecule has 102 valence electrons. The summed E-state index contributed by atoms with van der Waals surface area (Å²) in [7, 11) is 0. The fourth-order valence-electron chi connectivity index (χ4n) is 1.71. The van der Waals surface area contributed by atoms with Gasteiger partial charge in [-0.2, -0.15) is 0 Å². The summed E-state index contributed by atoms with van der Waals surface area (Å²) in [5.41, 5.74) is 2.88. The van der Waals surface area contributed by atoms with Crippen molar-refractivity contribution in [2.24, 2.45) is 0 Å². The molecule has 2 aromatic carbocycles. The summed E-state index contributed by atoms with van der Waals surface area (Å²) in [6.07, 6.45) is 0. The Bertz CT molecular complexity index is 653. The summed E-state index contributed by atoms with van der Waals surface area (Å²) >= 11 is 15.2. The van der Waals surface area contributed by atoms with Crippen LogP contribution in [0.1, 0.15) is 20.7 Å². The summed E-state index contributed by atoms with van der Waals surface area (Å²) in [6, 6.07) is 10.5. The van der Waals surface area contributed by atoms with Crippen molar-refractivity contribution >= 4 is 78.9 Å². The Labute approximate surface area is 153 Å². The van der Waals surface area contributed by atoms with Gasteiger partial charge in [-0.1, -0.05) is 12.1 Å². The van der Waals surface area contributed by atoms with Crippen LogP contribution in [0.3, 0.4) is 0 Å². The van der Waals surface area contributed by atoms with Crippen LogP contribution >= 0.6 is 68.4 Å². The minimum absolute atomic E-state index is 0.461. The first kappa shape index (κ1) is 16.2. The maximum absolute atomic E-state index is 11.1. The number of carbonyl (C=O) groups excluding carboxylic acids is 2. The molecule has 0 atom stereocenters. The van der Waals surface area contributed by atoms with E-state index < -0.39 is 10.5 Å². The predicted molar refractivity (Wildman–Crippen MR) is 97.7 cm³/mol. The molecule has 0 aliphatic rings. The first-order chi connectivity index (χ1) is 9.40. The largest absolute Gasteiger partial charge is 0.276 e. The highest BCUT2D eigenvalue weighted by molar-refractivity contribution is 14.1. The average Bonchev–Trinajstić information content (AvgIpc) is 2.38. The molecule has 0 saturated heterocycles. The number of halogens is 4. The van der Waals surface area contributed by atoms with E-state index in [4.69, 9.17) is 23.2 Å². The number of rotatable bonds is 3. The number of hydrogen-bond acceptors (Lipinski definition) is 2. The van der Waals surface area contributed by atoms with Crippen molar-refractivity contribution in [2.75, 3.05) is 0 Å². The highest BCUT2D eigenvalue weighted by atomic mass is 127. The summed E-state index contributed by atoms with van der Waals surface area (Å²) in [5, 5.41) is -0.959. The number of carbonyl (C=O) groups is 2. The highest BCUT2D eigenvalue weighted by Gasteiger charge is 2.12. The molecule has 2 aromatic rings. The summed E-state index contributed by atoms with van der Waals surface area (Å²) in [6.45, 7) is 0. The fourth-order valence-corrected chi connectivity index (χ4v) is 3.56. The summed E-state index contributed by atoms with van der Waals surface area (Å²) < 4.78 is 1.83. The Morgan fingerprint density at radius 1 is 0.750 bits per heavy atom. The first-order valence-corrected chi connectivity index (χ1v) is 8.30. The molecule has 0 amide bonds. The van der Waals surface area contributed by atoms with E-state index in [1.807, 2.05) is 12.1 Å². The monoisotopic (exact) mass is 530 g/mol. The molecule has 20 heavy (non-hydrogen) atoms. The van der Waals surface area contributed by atoms with Crippen molar-refractivity contribution in [3.05, 3.63) is 54.7 Å². The van der Waals surface area contributed by atoms with Gasteiger partial charge in [0.25, 0.3) is 10.5 Å². The van der Waals surface area contributed by atoms with E-state index in [0.29, 0.717) is 11.1 Å². The van der Waals surface area contributed by atoms with E-state index >= 15 is 0 Å². The maximum atomic E-state index is 11.1. The molecule has 0 heterocycles. The zero-order valence-corrected chi connectivity index (χ0v) is 15.6. The van der Waals surface area contributed by atoms with E-state index in [1.54, 1.807) is 24.3 Å². The molecule has 0 bridgehead atoms. The van der Waals surface area contributed by atoms with Crippen molar-refractivity contribution in [3.63, 3.8) is 0 Å². The Hall–Kier alpha value is -0.180. The fraction of sp³-hybridized carbons (Fsp3) is 0. The van der Waals surface area contributed by atoms with Gasteiger partial charge in [-0.25, -0.2) is 0 Å². The zero-order valence-electron chi connectivity index (χ0n) is 9.79. The van der Waals surface area contributed by atoms with Crippen LogP contribution in [-0.4, -0.2) is 10.5 Å². The average molecular weight is 531 g/mol. The third-order valence-corrected chi connectivity index (χ3v) is 4.90. The topological polar surface area (TPSA) is 34.1 Å². The SMILES string of the molecule is O=C(Cl)c1ccc(-c2ccc(C(=O)Cl)cc2I)c(I)c1. The van der Waals surface area contributed by atoms with Gasteiger partial charge in [-0.15, -0.1) is 0 Å². The van der Waals surface area contributed by atoms with Gasteiger partial charge in [0.2, 0.25) is 0 Å². The van der Waals surface area contributed by atoms with Gasteiger partial charge >= 0.3 is 0 Å². The first-order valence-electron chi connectivity index (χ1n) is 5.39. The lowest BCUT2D eigenvalue weighted by atomic mass is 10.0. The van der Waals surface area contributed by atoms with Crippen LogP contribution in [0.15, 0.2) is 36.4 Å². The normalized spacial score (nSPS) is 10.4. The lowest BCUT2D eigenvalue weighted by Gasteiger charge is -2.09. The zero-order chi connectivity index (χ0) is 14.9. The molecule has 0 aromatic heterocycles. The number of hydrogen-bond donors (Lipinski definition) is 0. The van der Waals surface area contributed by atoms with Crippen molar-refractivity contribution in [3.8, 4) is 11.1 Å². The van der Waals surface area contributed by atoms with E-state index in [2.05, 4.69) is 45.2 Å². The van der Waals surface area contributed by atoms with Crippen LogP contribution in [-0.2, 0) is 0 Å². The molecule has 0 aliphatic heterocycles. The van der Waals surface area contributed by atoms with Gasteiger partial charge in [0, 0.05) is 18.3 Å². The highest BCUT2D eigenvalue weighted by Crippen LogP contribution is 2.31. The van der Waals surface area contributed by atoms with E-state index in [-0.39, 0.29) is 0 Å². The molecule has 2 nitrogen and oxygen atoms in total. The van der Waals surface area contributed by atoms with E-state index in [0.717, 1.165) is 18.3 Å². The Kier molecular flexibility index (Phi) is 5.44. The van der Waals surface area contributed by atoms with E-state index in [1.165, 1.54) is 0 Å². The third-order valence-electron chi connectivity index (χ3n) is 2.68. The smallest absolute Gasteiger partial charge is 0.252 e. The quantitative estimate of drug-likeness (QED) is 0.398. The van der Waals surface area contributed by atoms with Crippen LogP contribution in [0.2, 0.25) is 0 Å². The van der Waals surface area contributed by atoms with Crippen molar-refractivity contribution in [1.29, 1.82) is 0 Å². The predicted octanol–water partition coefficient (Wildman–Crippen LogP) is 5.32. The lowest BCUT2D eigenvalue weighted by Crippen LogP contribution is -1.95. The Morgan fingerprint density at radius 3 is 1.35 bits per heavy atom. The van der Waals surface area contributed by atoms with Crippen LogP contribution in [0, 0.1) is 7.14 Å². The maximum Gasteiger partial charge on any atom is 0.252 e. The van der Waals surface area contributed by atoms with Crippen LogP contribution in [0.25, 0.3) is 11.1 Å². The molecule has 0 fully saturated rings. The second kappa shape index (κ2) is 6.72. The molecule has 0 N–H and O–H groups in total.